The van der Waals surface area contributed by atoms with Gasteiger partial charge < -0.3 is 10.1 Å². The van der Waals surface area contributed by atoms with E-state index in [4.69, 9.17) is 4.74 Å². The number of nitrogens with one attached hydrogen (secondary N) is 1. The number of aromatic nitrogens is 2. The molecule has 0 aliphatic carbocycles. The largest absolute Gasteiger partial charge is 0.379 e. The quantitative estimate of drug-likeness (QED) is 0.924. The predicted octanol–water partition coefficient (Wildman–Crippen LogP) is 1.41. The van der Waals surface area contributed by atoms with Crippen molar-refractivity contribution < 1.29 is 9.53 Å². The topological polar surface area (TPSA) is 67.3 Å². The van der Waals surface area contributed by atoms with Gasteiger partial charge in [0.15, 0.2) is 5.82 Å². The van der Waals surface area contributed by atoms with Gasteiger partial charge in [0.05, 0.1) is 25.5 Å². The Kier molecular flexibility index (Phi) is 4.72. The lowest BCUT2D eigenvalue weighted by atomic mass is 10.1. The first-order valence-corrected chi connectivity index (χ1v) is 7.30. The lowest BCUT2D eigenvalue weighted by Crippen LogP contribution is -2.41. The number of amides is 1. The Balaban J connectivity index is 1.57. The Hall–Kier alpha value is -2.31. The molecule has 1 N–H and O–H groups in total. The molecule has 6 nitrogen and oxygen atoms in total. The zero-order valence-corrected chi connectivity index (χ0v) is 12.2. The van der Waals surface area contributed by atoms with Crippen LogP contribution < -0.4 is 5.32 Å². The Morgan fingerprint density at radius 2 is 1.86 bits per heavy atom. The van der Waals surface area contributed by atoms with Crippen LogP contribution in [-0.2, 0) is 9.53 Å². The summed E-state index contributed by atoms with van der Waals surface area (Å²) in [5, 5.41) is 11.0. The number of hydrogen-bond donors (Lipinski definition) is 1. The highest BCUT2D eigenvalue weighted by Crippen LogP contribution is 2.16. The summed E-state index contributed by atoms with van der Waals surface area (Å²) in [6, 6.07) is 13.4. The first-order valence-electron chi connectivity index (χ1n) is 7.30. The maximum Gasteiger partial charge on any atom is 0.239 e. The van der Waals surface area contributed by atoms with Gasteiger partial charge in [0, 0.05) is 18.7 Å². The van der Waals surface area contributed by atoms with Crippen LogP contribution in [-0.4, -0.2) is 53.9 Å². The average Bonchev–Trinajstić information content (AvgIpc) is 2.57. The van der Waals surface area contributed by atoms with Crippen molar-refractivity contribution in [2.45, 2.75) is 0 Å². The summed E-state index contributed by atoms with van der Waals surface area (Å²) < 4.78 is 5.26. The zero-order chi connectivity index (χ0) is 15.2. The van der Waals surface area contributed by atoms with Crippen LogP contribution in [0.25, 0.3) is 11.3 Å². The lowest BCUT2D eigenvalue weighted by molar-refractivity contribution is -0.118. The fourth-order valence-electron chi connectivity index (χ4n) is 2.31. The standard InChI is InChI=1S/C16H18N4O2/c21-16(12-20-8-10-22-11-9-20)17-15-7-6-14(18-19-15)13-4-2-1-3-5-13/h1-7H,8-12H2,(H,17,19,21). The van der Waals surface area contributed by atoms with Crippen molar-refractivity contribution in [1.29, 1.82) is 0 Å². The second kappa shape index (κ2) is 7.11. The van der Waals surface area contributed by atoms with E-state index >= 15 is 0 Å². The number of carbonyl (C=O) groups excluding carboxylic acids is 1. The molecule has 1 aliphatic heterocycles. The summed E-state index contributed by atoms with van der Waals surface area (Å²) >= 11 is 0. The van der Waals surface area contributed by atoms with E-state index in [1.54, 1.807) is 6.07 Å². The molecule has 1 aliphatic rings. The number of benzene rings is 1. The van der Waals surface area contributed by atoms with Gasteiger partial charge >= 0.3 is 0 Å². The van der Waals surface area contributed by atoms with Crippen molar-refractivity contribution >= 4 is 11.7 Å². The van der Waals surface area contributed by atoms with Gasteiger partial charge in [-0.05, 0) is 12.1 Å². The van der Waals surface area contributed by atoms with E-state index in [1.165, 1.54) is 0 Å². The molecule has 114 valence electrons. The molecule has 0 unspecified atom stereocenters. The van der Waals surface area contributed by atoms with Gasteiger partial charge in [-0.15, -0.1) is 10.2 Å². The minimum Gasteiger partial charge on any atom is -0.379 e. The number of carbonyl (C=O) groups is 1. The highest BCUT2D eigenvalue weighted by Gasteiger charge is 2.14. The second-order valence-electron chi connectivity index (χ2n) is 5.11. The van der Waals surface area contributed by atoms with Crippen molar-refractivity contribution in [3.63, 3.8) is 0 Å². The van der Waals surface area contributed by atoms with Crippen LogP contribution >= 0.6 is 0 Å². The van der Waals surface area contributed by atoms with Crippen molar-refractivity contribution in [2.24, 2.45) is 0 Å². The predicted molar refractivity (Wildman–Crippen MR) is 83.4 cm³/mol. The van der Waals surface area contributed by atoms with E-state index in [0.717, 1.165) is 24.3 Å². The van der Waals surface area contributed by atoms with Crippen LogP contribution in [0, 0.1) is 0 Å². The van der Waals surface area contributed by atoms with Crippen LogP contribution in [0.1, 0.15) is 0 Å². The molecule has 0 atom stereocenters. The first kappa shape index (κ1) is 14.6. The van der Waals surface area contributed by atoms with Gasteiger partial charge in [0.25, 0.3) is 0 Å². The Morgan fingerprint density at radius 3 is 2.55 bits per heavy atom. The average molecular weight is 298 g/mol. The monoisotopic (exact) mass is 298 g/mol. The van der Waals surface area contributed by atoms with Crippen LogP contribution in [0.15, 0.2) is 42.5 Å². The molecule has 1 amide bonds. The number of hydrogen-bond acceptors (Lipinski definition) is 5. The third kappa shape index (κ3) is 3.87. The van der Waals surface area contributed by atoms with E-state index in [0.29, 0.717) is 25.6 Å². The minimum atomic E-state index is -0.0799. The number of anilines is 1. The zero-order valence-electron chi connectivity index (χ0n) is 12.2. The van der Waals surface area contributed by atoms with Crippen molar-refractivity contribution in [3.05, 3.63) is 42.5 Å². The molecule has 1 aromatic carbocycles. The molecule has 6 heteroatoms. The summed E-state index contributed by atoms with van der Waals surface area (Å²) in [7, 11) is 0. The van der Waals surface area contributed by atoms with Gasteiger partial charge in [-0.2, -0.15) is 0 Å². The van der Waals surface area contributed by atoms with Gasteiger partial charge in [0.2, 0.25) is 5.91 Å². The van der Waals surface area contributed by atoms with Crippen molar-refractivity contribution in [3.8, 4) is 11.3 Å². The first-order chi connectivity index (χ1) is 10.8. The minimum absolute atomic E-state index is 0.0799. The number of nitrogens with zero attached hydrogens (tertiary/aromatic N) is 3. The third-order valence-electron chi connectivity index (χ3n) is 3.47. The summed E-state index contributed by atoms with van der Waals surface area (Å²) in [6.45, 7) is 3.28. The summed E-state index contributed by atoms with van der Waals surface area (Å²) in [5.74, 6) is 0.390. The van der Waals surface area contributed by atoms with Gasteiger partial charge in [0.1, 0.15) is 0 Å². The molecule has 0 saturated carbocycles. The molecular formula is C16H18N4O2. The highest BCUT2D eigenvalue weighted by atomic mass is 16.5. The van der Waals surface area contributed by atoms with Crippen molar-refractivity contribution in [1.82, 2.24) is 15.1 Å². The third-order valence-corrected chi connectivity index (χ3v) is 3.47. The number of rotatable bonds is 4. The smallest absolute Gasteiger partial charge is 0.239 e. The molecular weight excluding hydrogens is 280 g/mol. The van der Waals surface area contributed by atoms with E-state index < -0.39 is 0 Å². The maximum absolute atomic E-state index is 12.0. The summed E-state index contributed by atoms with van der Waals surface area (Å²) in [6.07, 6.45) is 0. The van der Waals surface area contributed by atoms with Crippen molar-refractivity contribution in [2.75, 3.05) is 38.2 Å². The van der Waals surface area contributed by atoms with Crippen LogP contribution in [0.2, 0.25) is 0 Å². The lowest BCUT2D eigenvalue weighted by Gasteiger charge is -2.25. The Bertz CT molecular complexity index is 610. The maximum atomic E-state index is 12.0. The molecule has 1 fully saturated rings. The van der Waals surface area contributed by atoms with Gasteiger partial charge in [-0.3, -0.25) is 9.69 Å². The molecule has 3 rings (SSSR count). The van der Waals surface area contributed by atoms with E-state index in [-0.39, 0.29) is 5.91 Å². The van der Waals surface area contributed by atoms with Crippen LogP contribution in [0.5, 0.6) is 0 Å². The number of ether oxygens (including phenoxy) is 1. The molecule has 22 heavy (non-hydrogen) atoms. The molecule has 1 aromatic heterocycles. The van der Waals surface area contributed by atoms with Crippen LogP contribution in [0.3, 0.4) is 0 Å². The molecule has 0 bridgehead atoms. The fourth-order valence-corrected chi connectivity index (χ4v) is 2.31. The molecule has 2 aromatic rings. The van der Waals surface area contributed by atoms with Gasteiger partial charge in [-0.1, -0.05) is 30.3 Å². The highest BCUT2D eigenvalue weighted by molar-refractivity contribution is 5.91. The van der Waals surface area contributed by atoms with Crippen LogP contribution in [0.4, 0.5) is 5.82 Å². The summed E-state index contributed by atoms with van der Waals surface area (Å²) in [4.78, 5) is 14.0. The molecule has 2 heterocycles. The Labute approximate surface area is 129 Å². The fraction of sp³-hybridized carbons (Fsp3) is 0.312. The molecule has 0 spiro atoms. The van der Waals surface area contributed by atoms with Gasteiger partial charge in [-0.25, -0.2) is 0 Å². The summed E-state index contributed by atoms with van der Waals surface area (Å²) in [5.41, 5.74) is 1.79. The Morgan fingerprint density at radius 1 is 1.09 bits per heavy atom. The van der Waals surface area contributed by atoms with E-state index in [9.17, 15) is 4.79 Å². The number of morpholine rings is 1. The molecule has 0 radical (unpaired) electrons. The SMILES string of the molecule is O=C(CN1CCOCC1)Nc1ccc(-c2ccccc2)nn1. The normalized spacial score (nSPS) is 15.5. The molecule has 1 saturated heterocycles. The second-order valence-corrected chi connectivity index (χ2v) is 5.11. The van der Waals surface area contributed by atoms with E-state index in [2.05, 4.69) is 20.4 Å². The van der Waals surface area contributed by atoms with E-state index in [1.807, 2.05) is 36.4 Å².